The van der Waals surface area contributed by atoms with Gasteiger partial charge in [-0.25, -0.2) is 0 Å². The average molecular weight is 453 g/mol. The van der Waals surface area contributed by atoms with Crippen molar-refractivity contribution in [3.63, 3.8) is 0 Å². The Hall–Kier alpha value is -2.76. The number of hydrogen-bond acceptors (Lipinski definition) is 7. The van der Waals surface area contributed by atoms with Crippen molar-refractivity contribution in [1.29, 1.82) is 0 Å². The fraction of sp³-hybridized carbons (Fsp3) is 0.176. The lowest BCUT2D eigenvalue weighted by Crippen LogP contribution is -2.18. The molecule has 0 aliphatic heterocycles. The fourth-order valence-electron chi connectivity index (χ4n) is 2.61. The number of halogens is 1. The van der Waals surface area contributed by atoms with Gasteiger partial charge in [-0.15, -0.1) is 0 Å². The molecule has 0 spiro atoms. The van der Waals surface area contributed by atoms with Crippen LogP contribution in [-0.2, 0) is 6.54 Å². The Kier molecular flexibility index (Phi) is 6.30. The van der Waals surface area contributed by atoms with Crippen LogP contribution in [0.1, 0.15) is 10.4 Å². The number of hydrogen-bond donors (Lipinski definition) is 0. The smallest absolute Gasteiger partial charge is 0.280 e. The topological polar surface area (TPSA) is 121 Å². The normalized spacial score (nSPS) is 11.7. The zero-order valence-corrected chi connectivity index (χ0v) is 17.3. The van der Waals surface area contributed by atoms with Gasteiger partial charge >= 0.3 is 0 Å². The second-order valence-corrected chi connectivity index (χ2v) is 8.24. The predicted molar refractivity (Wildman–Crippen MR) is 113 cm³/mol. The number of aryl methyl sites for hydroxylation is 1. The molecule has 0 saturated heterocycles. The van der Waals surface area contributed by atoms with Crippen molar-refractivity contribution in [3.05, 3.63) is 72.0 Å². The van der Waals surface area contributed by atoms with Crippen LogP contribution in [0.2, 0.25) is 5.02 Å². The first-order valence-corrected chi connectivity index (χ1v) is 10.7. The maximum atomic E-state index is 12.7. The third-order valence-corrected chi connectivity index (χ3v) is 5.80. The molecule has 0 N–H and O–H groups in total. The van der Waals surface area contributed by atoms with Crippen LogP contribution in [0.3, 0.4) is 0 Å². The first-order chi connectivity index (χ1) is 13.8. The average Bonchev–Trinajstić information content (AvgIpc) is 3.01. The van der Waals surface area contributed by atoms with E-state index in [1.54, 1.807) is 23.9 Å². The zero-order valence-electron chi connectivity index (χ0n) is 14.9. The van der Waals surface area contributed by atoms with E-state index in [0.717, 1.165) is 34.2 Å². The molecule has 0 radical (unpaired) electrons. The van der Waals surface area contributed by atoms with Gasteiger partial charge in [-0.2, -0.15) is 16.8 Å². The summed E-state index contributed by atoms with van der Waals surface area (Å²) in [5.41, 5.74) is -0.463. The second-order valence-electron chi connectivity index (χ2n) is 5.81. The predicted octanol–water partition coefficient (Wildman–Crippen LogP) is 4.28. The van der Waals surface area contributed by atoms with E-state index in [1.165, 1.54) is 11.3 Å². The Labute approximate surface area is 176 Å². The molecule has 0 atom stereocenters. The van der Waals surface area contributed by atoms with Gasteiger partial charge in [-0.05, 0) is 24.5 Å². The van der Waals surface area contributed by atoms with Crippen LogP contribution in [0.4, 0.5) is 11.4 Å². The molecule has 150 valence electrons. The number of carbonyl (C=O) groups excluding carboxylic acids is 1. The SMILES string of the molecule is CSCCn1c(=NC(=O)c2cc([N+](=O)[O-])cc([N+](=O)[O-])c2)sc2cc(Cl)ccc21. The molecule has 12 heteroatoms. The first-order valence-electron chi connectivity index (χ1n) is 8.11. The summed E-state index contributed by atoms with van der Waals surface area (Å²) in [4.78, 5) is 37.7. The van der Waals surface area contributed by atoms with Crippen LogP contribution in [-0.4, -0.2) is 32.3 Å². The summed E-state index contributed by atoms with van der Waals surface area (Å²) in [5.74, 6) is -0.0228. The van der Waals surface area contributed by atoms with E-state index in [9.17, 15) is 25.0 Å². The van der Waals surface area contributed by atoms with E-state index in [2.05, 4.69) is 4.99 Å². The molecule has 3 aromatic rings. The molecule has 0 bridgehead atoms. The Morgan fingerprint density at radius 1 is 1.17 bits per heavy atom. The summed E-state index contributed by atoms with van der Waals surface area (Å²) in [6.45, 7) is 0.587. The monoisotopic (exact) mass is 452 g/mol. The third kappa shape index (κ3) is 4.63. The molecule has 1 heterocycles. The van der Waals surface area contributed by atoms with Crippen LogP contribution >= 0.6 is 34.7 Å². The van der Waals surface area contributed by atoms with Crippen LogP contribution < -0.4 is 4.80 Å². The number of benzene rings is 2. The van der Waals surface area contributed by atoms with Crippen LogP contribution in [0, 0.1) is 20.2 Å². The number of thiazole rings is 1. The molecular weight excluding hydrogens is 440 g/mol. The zero-order chi connectivity index (χ0) is 21.1. The molecule has 3 rings (SSSR count). The largest absolute Gasteiger partial charge is 0.316 e. The highest BCUT2D eigenvalue weighted by atomic mass is 35.5. The van der Waals surface area contributed by atoms with Crippen molar-refractivity contribution in [1.82, 2.24) is 4.57 Å². The summed E-state index contributed by atoms with van der Waals surface area (Å²) in [7, 11) is 0. The van der Waals surface area contributed by atoms with Crippen molar-refractivity contribution >= 4 is 62.2 Å². The molecule has 1 aromatic heterocycles. The van der Waals surface area contributed by atoms with Crippen molar-refractivity contribution < 1.29 is 14.6 Å². The minimum Gasteiger partial charge on any atom is -0.316 e. The molecule has 0 saturated carbocycles. The number of rotatable bonds is 6. The summed E-state index contributed by atoms with van der Waals surface area (Å²) in [6, 6.07) is 8.10. The summed E-state index contributed by atoms with van der Waals surface area (Å²) in [5, 5.41) is 22.7. The minimum atomic E-state index is -0.799. The highest BCUT2D eigenvalue weighted by molar-refractivity contribution is 7.98. The first kappa shape index (κ1) is 21.0. The van der Waals surface area contributed by atoms with Crippen molar-refractivity contribution in [3.8, 4) is 0 Å². The number of nitro groups is 2. The quantitative estimate of drug-likeness (QED) is 0.406. The van der Waals surface area contributed by atoms with E-state index in [0.29, 0.717) is 16.4 Å². The highest BCUT2D eigenvalue weighted by Crippen LogP contribution is 2.24. The molecule has 1 amide bonds. The molecule has 29 heavy (non-hydrogen) atoms. The van der Waals surface area contributed by atoms with Crippen molar-refractivity contribution in [2.75, 3.05) is 12.0 Å². The summed E-state index contributed by atoms with van der Waals surface area (Å²) < 4.78 is 2.69. The van der Waals surface area contributed by atoms with Gasteiger partial charge in [0.1, 0.15) is 0 Å². The lowest BCUT2D eigenvalue weighted by atomic mass is 10.1. The number of nitrogens with zero attached hydrogens (tertiary/aromatic N) is 4. The molecule has 0 aliphatic rings. The van der Waals surface area contributed by atoms with Gasteiger partial charge in [0.05, 0.1) is 31.7 Å². The summed E-state index contributed by atoms with van der Waals surface area (Å²) in [6.07, 6.45) is 1.95. The van der Waals surface area contributed by atoms with E-state index in [4.69, 9.17) is 11.6 Å². The van der Waals surface area contributed by atoms with E-state index >= 15 is 0 Å². The Balaban J connectivity index is 2.14. The second kappa shape index (κ2) is 8.72. The molecule has 0 aliphatic carbocycles. The number of thioether (sulfide) groups is 1. The minimum absolute atomic E-state index is 0.224. The highest BCUT2D eigenvalue weighted by Gasteiger charge is 2.20. The van der Waals surface area contributed by atoms with Crippen LogP contribution in [0.5, 0.6) is 0 Å². The van der Waals surface area contributed by atoms with Gasteiger partial charge in [0.2, 0.25) is 0 Å². The Morgan fingerprint density at radius 3 is 2.41 bits per heavy atom. The maximum Gasteiger partial charge on any atom is 0.280 e. The van der Waals surface area contributed by atoms with Crippen LogP contribution in [0.15, 0.2) is 41.4 Å². The van der Waals surface area contributed by atoms with Crippen molar-refractivity contribution in [2.24, 2.45) is 4.99 Å². The van der Waals surface area contributed by atoms with Gasteiger partial charge in [0.25, 0.3) is 17.3 Å². The standard InChI is InChI=1S/C17H13ClN4O5S2/c1-28-5-4-20-14-3-2-11(18)8-15(14)29-17(20)19-16(23)10-6-12(21(24)25)9-13(7-10)22(26)27/h2-3,6-9H,4-5H2,1H3. The lowest BCUT2D eigenvalue weighted by molar-refractivity contribution is -0.394. The Morgan fingerprint density at radius 2 is 1.83 bits per heavy atom. The number of non-ortho nitro benzene ring substituents is 2. The number of amides is 1. The van der Waals surface area contributed by atoms with Gasteiger partial charge in [-0.1, -0.05) is 22.9 Å². The molecular formula is C17H13ClN4O5S2. The molecule has 2 aromatic carbocycles. The van der Waals surface area contributed by atoms with Gasteiger partial charge in [-0.3, -0.25) is 25.0 Å². The number of aromatic nitrogens is 1. The van der Waals surface area contributed by atoms with Crippen LogP contribution in [0.25, 0.3) is 10.2 Å². The lowest BCUT2D eigenvalue weighted by Gasteiger charge is -2.04. The van der Waals surface area contributed by atoms with E-state index < -0.39 is 27.1 Å². The Bertz CT molecular complexity index is 1170. The van der Waals surface area contributed by atoms with Gasteiger partial charge < -0.3 is 4.57 Å². The van der Waals surface area contributed by atoms with E-state index in [1.807, 2.05) is 16.9 Å². The molecule has 0 fully saturated rings. The van der Waals surface area contributed by atoms with Crippen molar-refractivity contribution in [2.45, 2.75) is 6.54 Å². The fourth-order valence-corrected chi connectivity index (χ4v) is 4.31. The van der Waals surface area contributed by atoms with Gasteiger partial charge in [0.15, 0.2) is 4.80 Å². The molecule has 0 unspecified atom stereocenters. The maximum absolute atomic E-state index is 12.7. The third-order valence-electron chi connectivity index (χ3n) is 3.93. The summed E-state index contributed by atoms with van der Waals surface area (Å²) >= 11 is 8.92. The number of nitro benzene ring substituents is 2. The number of carbonyl (C=O) groups is 1. The van der Waals surface area contributed by atoms with Gasteiger partial charge in [0, 0.05) is 29.5 Å². The number of fused-ring (bicyclic) bond motifs is 1. The van der Waals surface area contributed by atoms with E-state index in [-0.39, 0.29) is 5.56 Å². The molecule has 9 nitrogen and oxygen atoms in total.